The molecule has 1 rings (SSSR count). The van der Waals surface area contributed by atoms with Gasteiger partial charge in [0, 0.05) is 5.54 Å². The molecule has 0 aromatic rings. The number of carboxylic acid groups (broad SMARTS) is 1. The monoisotopic (exact) mass is 228 g/mol. The van der Waals surface area contributed by atoms with E-state index in [4.69, 9.17) is 5.11 Å². The highest BCUT2D eigenvalue weighted by Crippen LogP contribution is 2.34. The fourth-order valence-electron chi connectivity index (χ4n) is 1.94. The lowest BCUT2D eigenvalue weighted by Crippen LogP contribution is -2.58. The summed E-state index contributed by atoms with van der Waals surface area (Å²) in [5, 5.41) is 14.2. The number of aliphatic carboxylic acids is 1. The molecular formula is C11H20N2O3. The Labute approximate surface area is 95.6 Å². The molecule has 5 nitrogen and oxygen atoms in total. The summed E-state index contributed by atoms with van der Waals surface area (Å²) in [6.07, 6.45) is 4.39. The molecule has 0 bridgehead atoms. The minimum atomic E-state index is -0.989. The largest absolute Gasteiger partial charge is 0.480 e. The van der Waals surface area contributed by atoms with Crippen molar-refractivity contribution in [3.63, 3.8) is 0 Å². The van der Waals surface area contributed by atoms with Gasteiger partial charge in [-0.05, 0) is 32.1 Å². The van der Waals surface area contributed by atoms with E-state index in [2.05, 4.69) is 10.6 Å². The molecule has 0 aromatic carbocycles. The van der Waals surface area contributed by atoms with Crippen molar-refractivity contribution in [2.24, 2.45) is 0 Å². The third-order valence-corrected chi connectivity index (χ3v) is 3.38. The zero-order valence-electron chi connectivity index (χ0n) is 9.88. The minimum Gasteiger partial charge on any atom is -0.480 e. The maximum Gasteiger partial charge on any atom is 0.326 e. The summed E-state index contributed by atoms with van der Waals surface area (Å²) < 4.78 is 0. The van der Waals surface area contributed by atoms with Crippen LogP contribution < -0.4 is 10.6 Å². The van der Waals surface area contributed by atoms with Crippen LogP contribution in [-0.2, 0) is 4.79 Å². The molecule has 16 heavy (non-hydrogen) atoms. The maximum atomic E-state index is 11.6. The Balaban J connectivity index is 2.43. The normalized spacial score (nSPS) is 19.4. The predicted molar refractivity (Wildman–Crippen MR) is 60.3 cm³/mol. The zero-order valence-corrected chi connectivity index (χ0v) is 9.88. The Hall–Kier alpha value is -1.26. The molecule has 0 spiro atoms. The van der Waals surface area contributed by atoms with Gasteiger partial charge in [0.05, 0.1) is 0 Å². The van der Waals surface area contributed by atoms with Crippen LogP contribution in [0.3, 0.4) is 0 Å². The fraction of sp³-hybridized carbons (Fsp3) is 0.818. The van der Waals surface area contributed by atoms with Crippen LogP contribution in [0.1, 0.15) is 46.0 Å². The molecule has 1 saturated carbocycles. The van der Waals surface area contributed by atoms with Crippen molar-refractivity contribution in [3.8, 4) is 0 Å². The predicted octanol–water partition coefficient (Wildman–Crippen LogP) is 1.48. The number of carboxylic acids is 1. The van der Waals surface area contributed by atoms with Crippen LogP contribution >= 0.6 is 0 Å². The first-order valence-electron chi connectivity index (χ1n) is 5.84. The summed E-state index contributed by atoms with van der Waals surface area (Å²) >= 11 is 0. The van der Waals surface area contributed by atoms with Crippen LogP contribution in [0, 0.1) is 0 Å². The fourth-order valence-corrected chi connectivity index (χ4v) is 1.94. The lowest BCUT2D eigenvalue weighted by atomic mass is 9.75. The van der Waals surface area contributed by atoms with E-state index in [1.54, 1.807) is 6.92 Å². The average molecular weight is 228 g/mol. The third kappa shape index (κ3) is 2.87. The molecule has 1 aliphatic carbocycles. The molecule has 0 aliphatic heterocycles. The zero-order chi connectivity index (χ0) is 12.2. The van der Waals surface area contributed by atoms with Gasteiger partial charge in [-0.3, -0.25) is 0 Å². The molecule has 1 atom stereocenters. The highest BCUT2D eigenvalue weighted by Gasteiger charge is 2.36. The molecule has 1 fully saturated rings. The number of carbonyl (C=O) groups is 2. The quantitative estimate of drug-likeness (QED) is 0.667. The second-order valence-corrected chi connectivity index (χ2v) is 4.38. The van der Waals surface area contributed by atoms with Gasteiger partial charge in [0.1, 0.15) is 6.04 Å². The van der Waals surface area contributed by atoms with Crippen molar-refractivity contribution in [1.29, 1.82) is 0 Å². The number of hydrogen-bond acceptors (Lipinski definition) is 2. The number of carbonyl (C=O) groups excluding carboxylic acids is 1. The van der Waals surface area contributed by atoms with E-state index in [1.165, 1.54) is 0 Å². The first-order chi connectivity index (χ1) is 7.53. The van der Waals surface area contributed by atoms with Gasteiger partial charge in [-0.15, -0.1) is 0 Å². The molecule has 3 N–H and O–H groups in total. The maximum absolute atomic E-state index is 11.6. The Bertz CT molecular complexity index is 269. The highest BCUT2D eigenvalue weighted by molar-refractivity contribution is 5.82. The second-order valence-electron chi connectivity index (χ2n) is 4.38. The molecule has 0 aromatic heterocycles. The molecule has 92 valence electrons. The van der Waals surface area contributed by atoms with Gasteiger partial charge < -0.3 is 15.7 Å². The summed E-state index contributed by atoms with van der Waals surface area (Å²) in [6, 6.07) is -1.16. The number of urea groups is 1. The molecule has 5 heteroatoms. The molecular weight excluding hydrogens is 208 g/mol. The van der Waals surface area contributed by atoms with Gasteiger partial charge in [-0.1, -0.05) is 13.8 Å². The lowest BCUT2D eigenvalue weighted by molar-refractivity contribution is -0.139. The van der Waals surface area contributed by atoms with E-state index >= 15 is 0 Å². The van der Waals surface area contributed by atoms with Gasteiger partial charge in [0.25, 0.3) is 0 Å². The van der Waals surface area contributed by atoms with Gasteiger partial charge in [0.15, 0.2) is 0 Å². The summed E-state index contributed by atoms with van der Waals surface area (Å²) in [4.78, 5) is 22.3. The average Bonchev–Trinajstić information content (AvgIpc) is 2.19. The summed E-state index contributed by atoms with van der Waals surface area (Å²) in [7, 11) is 0. The van der Waals surface area contributed by atoms with Crippen molar-refractivity contribution in [1.82, 2.24) is 10.6 Å². The molecule has 0 unspecified atom stereocenters. The van der Waals surface area contributed by atoms with E-state index in [-0.39, 0.29) is 11.6 Å². The van der Waals surface area contributed by atoms with E-state index in [9.17, 15) is 9.59 Å². The van der Waals surface area contributed by atoms with E-state index in [0.29, 0.717) is 6.42 Å². The van der Waals surface area contributed by atoms with Gasteiger partial charge in [-0.25, -0.2) is 9.59 Å². The second kappa shape index (κ2) is 5.18. The molecule has 0 saturated heterocycles. The third-order valence-electron chi connectivity index (χ3n) is 3.38. The lowest BCUT2D eigenvalue weighted by Gasteiger charge is -2.42. The van der Waals surface area contributed by atoms with Crippen molar-refractivity contribution >= 4 is 12.0 Å². The smallest absolute Gasteiger partial charge is 0.326 e. The van der Waals surface area contributed by atoms with Crippen molar-refractivity contribution < 1.29 is 14.7 Å². The first kappa shape index (κ1) is 12.8. The Kier molecular flexibility index (Phi) is 4.15. The minimum absolute atomic E-state index is 0.0964. The molecule has 0 radical (unpaired) electrons. The summed E-state index contributed by atoms with van der Waals surface area (Å²) in [6.45, 7) is 3.77. The Morgan fingerprint density at radius 2 is 2.00 bits per heavy atom. The van der Waals surface area contributed by atoms with Crippen LogP contribution in [0.2, 0.25) is 0 Å². The number of rotatable bonds is 5. The number of hydrogen-bond donors (Lipinski definition) is 3. The van der Waals surface area contributed by atoms with Crippen LogP contribution in [0.25, 0.3) is 0 Å². The van der Waals surface area contributed by atoms with Crippen LogP contribution in [0.5, 0.6) is 0 Å². The van der Waals surface area contributed by atoms with E-state index in [1.807, 2.05) is 6.92 Å². The first-order valence-corrected chi connectivity index (χ1v) is 5.84. The number of nitrogens with one attached hydrogen (secondary N) is 2. The van der Waals surface area contributed by atoms with E-state index in [0.717, 1.165) is 25.7 Å². The van der Waals surface area contributed by atoms with Gasteiger partial charge >= 0.3 is 12.0 Å². The van der Waals surface area contributed by atoms with Crippen molar-refractivity contribution in [3.05, 3.63) is 0 Å². The van der Waals surface area contributed by atoms with Crippen LogP contribution in [-0.4, -0.2) is 28.7 Å². The Morgan fingerprint density at radius 1 is 1.38 bits per heavy atom. The van der Waals surface area contributed by atoms with Gasteiger partial charge in [0.2, 0.25) is 0 Å². The standard InChI is InChI=1S/C11H20N2O3/c1-3-8(9(14)15)12-10(16)13-11(4-2)6-5-7-11/h8H,3-7H2,1-2H3,(H,14,15)(H2,12,13,16)/t8-/m0/s1. The van der Waals surface area contributed by atoms with E-state index < -0.39 is 12.0 Å². The Morgan fingerprint density at radius 3 is 2.31 bits per heavy atom. The van der Waals surface area contributed by atoms with Crippen molar-refractivity contribution in [2.45, 2.75) is 57.5 Å². The van der Waals surface area contributed by atoms with Crippen LogP contribution in [0.15, 0.2) is 0 Å². The van der Waals surface area contributed by atoms with Gasteiger partial charge in [-0.2, -0.15) is 0 Å². The summed E-state index contributed by atoms with van der Waals surface area (Å²) in [5.74, 6) is -0.989. The summed E-state index contributed by atoms with van der Waals surface area (Å²) in [5.41, 5.74) is -0.0964. The molecule has 1 aliphatic rings. The topological polar surface area (TPSA) is 78.4 Å². The number of amides is 2. The highest BCUT2D eigenvalue weighted by atomic mass is 16.4. The molecule has 2 amide bonds. The SMILES string of the molecule is CC[C@H](NC(=O)NC1(CC)CCC1)C(=O)O. The van der Waals surface area contributed by atoms with Crippen molar-refractivity contribution in [2.75, 3.05) is 0 Å². The molecule has 0 heterocycles. The van der Waals surface area contributed by atoms with Crippen LogP contribution in [0.4, 0.5) is 4.79 Å².